The summed E-state index contributed by atoms with van der Waals surface area (Å²) in [6, 6.07) is 60.9. The van der Waals surface area contributed by atoms with E-state index in [4.69, 9.17) is 8.83 Å². The highest BCUT2D eigenvalue weighted by atomic mass is 16.3. The summed E-state index contributed by atoms with van der Waals surface area (Å²) in [4.78, 5) is 2.45. The van der Waals surface area contributed by atoms with Crippen LogP contribution < -0.4 is 4.90 Å². The fourth-order valence-corrected chi connectivity index (χ4v) is 8.38. The van der Waals surface area contributed by atoms with Gasteiger partial charge in [0.05, 0.1) is 6.04 Å². The Hall–Kier alpha value is -6.58. The molecule has 0 fully saturated rings. The smallest absolute Gasteiger partial charge is 0.135 e. The average Bonchev–Trinajstić information content (AvgIpc) is 3.80. The molecule has 54 heavy (non-hydrogen) atoms. The highest BCUT2D eigenvalue weighted by Crippen LogP contribution is 2.39. The lowest BCUT2D eigenvalue weighted by Crippen LogP contribution is -2.30. The van der Waals surface area contributed by atoms with E-state index < -0.39 is 0 Å². The number of anilines is 2. The monoisotopic (exact) mass is 697 g/mol. The molecular formula is C51H39NO2. The van der Waals surface area contributed by atoms with Crippen molar-refractivity contribution in [3.05, 3.63) is 210 Å². The van der Waals surface area contributed by atoms with Crippen LogP contribution in [-0.4, -0.2) is 6.04 Å². The maximum absolute atomic E-state index is 6.17. The number of rotatable bonds is 9. The minimum absolute atomic E-state index is 0.164. The predicted octanol–water partition coefficient (Wildman–Crippen LogP) is 13.8. The molecule has 7 aromatic carbocycles. The zero-order valence-electron chi connectivity index (χ0n) is 29.9. The van der Waals surface area contributed by atoms with Gasteiger partial charge in [-0.25, -0.2) is 0 Å². The topological polar surface area (TPSA) is 29.5 Å². The van der Waals surface area contributed by atoms with Crippen molar-refractivity contribution in [2.75, 3.05) is 4.90 Å². The van der Waals surface area contributed by atoms with Gasteiger partial charge in [-0.15, -0.1) is 0 Å². The van der Waals surface area contributed by atoms with E-state index in [2.05, 4.69) is 169 Å². The molecular weight excluding hydrogens is 659 g/mol. The molecule has 1 aliphatic rings. The van der Waals surface area contributed by atoms with Crippen LogP contribution in [0, 0.1) is 0 Å². The van der Waals surface area contributed by atoms with Crippen LogP contribution in [-0.2, 0) is 6.42 Å². The van der Waals surface area contributed by atoms with Crippen LogP contribution in [0.1, 0.15) is 41.0 Å². The summed E-state index contributed by atoms with van der Waals surface area (Å²) < 4.78 is 12.3. The number of allylic oxidation sites excluding steroid dienone is 2. The number of hydrogen-bond donors (Lipinski definition) is 0. The molecule has 260 valence electrons. The lowest BCUT2D eigenvalue weighted by molar-refractivity contribution is 0.668. The van der Waals surface area contributed by atoms with Crippen LogP contribution in [0.2, 0.25) is 0 Å². The second-order valence-corrected chi connectivity index (χ2v) is 14.4. The van der Waals surface area contributed by atoms with E-state index in [0.29, 0.717) is 0 Å². The number of nitrogens with zero attached hydrogens (tertiary/aromatic N) is 1. The highest BCUT2D eigenvalue weighted by Gasteiger charge is 2.23. The molecule has 0 radical (unpaired) electrons. The first-order valence-corrected chi connectivity index (χ1v) is 18.9. The van der Waals surface area contributed by atoms with Gasteiger partial charge in [0.25, 0.3) is 0 Å². The Morgan fingerprint density at radius 3 is 1.87 bits per heavy atom. The molecule has 2 heterocycles. The van der Waals surface area contributed by atoms with Gasteiger partial charge in [-0.05, 0) is 102 Å². The Labute approximate surface area is 315 Å². The highest BCUT2D eigenvalue weighted by molar-refractivity contribution is 6.06. The molecule has 0 spiro atoms. The fourth-order valence-electron chi connectivity index (χ4n) is 8.38. The van der Waals surface area contributed by atoms with Crippen molar-refractivity contribution in [2.45, 2.75) is 31.2 Å². The lowest BCUT2D eigenvalue weighted by atomic mass is 9.84. The first-order valence-electron chi connectivity index (χ1n) is 18.9. The first kappa shape index (κ1) is 32.1. The molecule has 2 unspecified atom stereocenters. The van der Waals surface area contributed by atoms with Gasteiger partial charge < -0.3 is 13.7 Å². The van der Waals surface area contributed by atoms with E-state index in [-0.39, 0.29) is 12.0 Å². The van der Waals surface area contributed by atoms with Crippen LogP contribution in [0.25, 0.3) is 49.5 Å². The van der Waals surface area contributed by atoms with E-state index in [9.17, 15) is 0 Å². The number of benzene rings is 7. The third kappa shape index (κ3) is 5.98. The van der Waals surface area contributed by atoms with Crippen molar-refractivity contribution in [3.63, 3.8) is 0 Å². The minimum Gasteiger partial charge on any atom is -0.456 e. The number of fused-ring (bicyclic) bond motifs is 6. The van der Waals surface area contributed by atoms with Gasteiger partial charge in [0, 0.05) is 38.8 Å². The van der Waals surface area contributed by atoms with Gasteiger partial charge >= 0.3 is 0 Å². The molecule has 0 bridgehead atoms. The molecule has 10 rings (SSSR count). The number of hydrogen-bond acceptors (Lipinski definition) is 3. The molecule has 0 N–H and O–H groups in total. The maximum atomic E-state index is 6.17. The fraction of sp³-hybridized carbons (Fsp3) is 0.0980. The Kier molecular flexibility index (Phi) is 8.18. The van der Waals surface area contributed by atoms with Crippen molar-refractivity contribution in [2.24, 2.45) is 0 Å². The van der Waals surface area contributed by atoms with Gasteiger partial charge in [-0.3, -0.25) is 0 Å². The quantitative estimate of drug-likeness (QED) is 0.150. The molecule has 2 atom stereocenters. The van der Waals surface area contributed by atoms with Crippen LogP contribution in [0.4, 0.5) is 11.4 Å². The van der Waals surface area contributed by atoms with Crippen LogP contribution in [0.3, 0.4) is 0 Å². The van der Waals surface area contributed by atoms with Gasteiger partial charge in [-0.2, -0.15) is 0 Å². The van der Waals surface area contributed by atoms with E-state index in [1.54, 1.807) is 0 Å². The summed E-state index contributed by atoms with van der Waals surface area (Å²) >= 11 is 0. The van der Waals surface area contributed by atoms with Crippen molar-refractivity contribution in [1.29, 1.82) is 0 Å². The van der Waals surface area contributed by atoms with Crippen LogP contribution in [0.5, 0.6) is 0 Å². The zero-order valence-corrected chi connectivity index (χ0v) is 29.9. The molecule has 3 nitrogen and oxygen atoms in total. The maximum Gasteiger partial charge on any atom is 0.135 e. The number of furan rings is 2. The third-order valence-electron chi connectivity index (χ3n) is 11.1. The summed E-state index contributed by atoms with van der Waals surface area (Å²) in [6.07, 6.45) is 9.97. The van der Waals surface area contributed by atoms with E-state index >= 15 is 0 Å². The van der Waals surface area contributed by atoms with Gasteiger partial charge in [0.1, 0.15) is 22.3 Å². The molecule has 0 saturated heterocycles. The normalized spacial score (nSPS) is 14.9. The van der Waals surface area contributed by atoms with Crippen molar-refractivity contribution in [3.8, 4) is 0 Å². The second-order valence-electron chi connectivity index (χ2n) is 14.4. The van der Waals surface area contributed by atoms with E-state index in [1.165, 1.54) is 44.3 Å². The van der Waals surface area contributed by atoms with Gasteiger partial charge in [-0.1, -0.05) is 133 Å². The summed E-state index contributed by atoms with van der Waals surface area (Å²) in [5.74, 6) is 0.270. The number of aryl methyl sites for hydroxylation is 1. The third-order valence-corrected chi connectivity index (χ3v) is 11.1. The van der Waals surface area contributed by atoms with Gasteiger partial charge in [0.15, 0.2) is 0 Å². The molecule has 2 aromatic heterocycles. The molecule has 0 aliphatic heterocycles. The zero-order chi connectivity index (χ0) is 35.8. The SMILES string of the molecule is C1=CC(N(c2ccccc2)c2ccc3oc4ccccc4c3c2)CC=C1c1cccc(C(CCc2ccc3oc4ccccc4c3c2)c2ccccc2)c1. The minimum atomic E-state index is 0.164. The second kappa shape index (κ2) is 13.8. The first-order chi connectivity index (χ1) is 26.7. The largest absolute Gasteiger partial charge is 0.456 e. The molecule has 3 heteroatoms. The summed E-state index contributed by atoms with van der Waals surface area (Å²) in [5.41, 5.74) is 12.6. The van der Waals surface area contributed by atoms with E-state index in [0.717, 1.165) is 58.1 Å². The van der Waals surface area contributed by atoms with Crippen molar-refractivity contribution in [1.82, 2.24) is 0 Å². The van der Waals surface area contributed by atoms with Gasteiger partial charge in [0.2, 0.25) is 0 Å². The standard InChI is InChI=1S/C51H39NO2/c1-3-12-37(13-4-1)43(29-22-35-23-30-50-46(32-35)44-18-7-9-20-48(44)53-50)39-15-11-14-38(33-39)36-24-26-41(27-25-36)52(40-16-5-2-6-17-40)42-28-31-51-47(34-42)45-19-8-10-21-49(45)54-51/h1-21,23-26,28,30-34,41,43H,22,27,29H2. The molecule has 9 aromatic rings. The van der Waals surface area contributed by atoms with Crippen molar-refractivity contribution < 1.29 is 8.83 Å². The average molecular weight is 698 g/mol. The number of para-hydroxylation sites is 3. The molecule has 0 amide bonds. The molecule has 0 saturated carbocycles. The molecule has 1 aliphatic carbocycles. The predicted molar refractivity (Wildman–Crippen MR) is 225 cm³/mol. The van der Waals surface area contributed by atoms with Crippen LogP contribution in [0.15, 0.2) is 197 Å². The Morgan fingerprint density at radius 2 is 1.15 bits per heavy atom. The van der Waals surface area contributed by atoms with E-state index in [1.807, 2.05) is 24.3 Å². The lowest BCUT2D eigenvalue weighted by Gasteiger charge is -2.33. The van der Waals surface area contributed by atoms with Crippen LogP contribution >= 0.6 is 0 Å². The Bertz CT molecular complexity index is 2820. The Balaban J connectivity index is 0.934. The summed E-state index contributed by atoms with van der Waals surface area (Å²) in [5, 5.41) is 4.65. The Morgan fingerprint density at radius 1 is 0.519 bits per heavy atom. The van der Waals surface area contributed by atoms with Crippen molar-refractivity contribution >= 4 is 60.8 Å². The summed E-state index contributed by atoms with van der Waals surface area (Å²) in [7, 11) is 0. The summed E-state index contributed by atoms with van der Waals surface area (Å²) in [6.45, 7) is 0.